The number of halogens is 2. The van der Waals surface area contributed by atoms with Crippen LogP contribution in [0.2, 0.25) is 5.02 Å². The lowest BCUT2D eigenvalue weighted by atomic mass is 9.79. The predicted molar refractivity (Wildman–Crippen MR) is 109 cm³/mol. The molecule has 1 aromatic rings. The lowest BCUT2D eigenvalue weighted by molar-refractivity contribution is -0.127. The summed E-state index contributed by atoms with van der Waals surface area (Å²) >= 11 is 5.91. The van der Waals surface area contributed by atoms with Crippen molar-refractivity contribution in [2.45, 2.75) is 19.3 Å². The summed E-state index contributed by atoms with van der Waals surface area (Å²) in [5.74, 6) is -0.399. The zero-order valence-electron chi connectivity index (χ0n) is 15.5. The Labute approximate surface area is 171 Å². The molecule has 0 bridgehead atoms. The summed E-state index contributed by atoms with van der Waals surface area (Å²) in [6.07, 6.45) is 2.19. The van der Waals surface area contributed by atoms with Crippen LogP contribution in [-0.4, -0.2) is 51.7 Å². The zero-order chi connectivity index (χ0) is 18.6. The number of piperidine rings is 1. The van der Waals surface area contributed by atoms with Crippen LogP contribution in [0.1, 0.15) is 19.3 Å². The van der Waals surface area contributed by atoms with Gasteiger partial charge in [0.15, 0.2) is 0 Å². The summed E-state index contributed by atoms with van der Waals surface area (Å²) in [7, 11) is 1.70. The lowest BCUT2D eigenvalue weighted by Crippen LogP contribution is -2.48. The second kappa shape index (κ2) is 9.73. The number of anilines is 1. The summed E-state index contributed by atoms with van der Waals surface area (Å²) < 4.78 is 5.39. The highest BCUT2D eigenvalue weighted by molar-refractivity contribution is 6.30. The van der Waals surface area contributed by atoms with Gasteiger partial charge in [0.25, 0.3) is 0 Å². The maximum absolute atomic E-state index is 12.6. The Kier molecular flexibility index (Phi) is 7.91. The Hall–Kier alpha value is -1.34. The molecule has 3 rings (SSSR count). The summed E-state index contributed by atoms with van der Waals surface area (Å²) in [6, 6.07) is 7.12. The molecule has 2 aliphatic rings. The quantitative estimate of drug-likeness (QED) is 0.747. The van der Waals surface area contributed by atoms with Crippen molar-refractivity contribution in [2.24, 2.45) is 11.3 Å². The van der Waals surface area contributed by atoms with Crippen LogP contribution >= 0.6 is 24.0 Å². The zero-order valence-corrected chi connectivity index (χ0v) is 17.1. The molecule has 0 aliphatic carbocycles. The fourth-order valence-corrected chi connectivity index (χ4v) is 3.93. The van der Waals surface area contributed by atoms with E-state index in [0.29, 0.717) is 24.7 Å². The van der Waals surface area contributed by atoms with Crippen molar-refractivity contribution in [3.05, 3.63) is 29.3 Å². The molecule has 2 saturated heterocycles. The number of carbonyl (C=O) groups excluding carboxylic acids is 2. The van der Waals surface area contributed by atoms with Crippen LogP contribution < -0.4 is 15.5 Å². The molecular formula is C19H27Cl2N3O3. The van der Waals surface area contributed by atoms with Gasteiger partial charge >= 0.3 is 0 Å². The molecule has 8 heteroatoms. The van der Waals surface area contributed by atoms with Crippen molar-refractivity contribution in [1.29, 1.82) is 0 Å². The van der Waals surface area contributed by atoms with Crippen LogP contribution in [0.3, 0.4) is 0 Å². The minimum absolute atomic E-state index is 0. The summed E-state index contributed by atoms with van der Waals surface area (Å²) in [4.78, 5) is 26.6. The van der Waals surface area contributed by atoms with Gasteiger partial charge in [-0.3, -0.25) is 9.59 Å². The summed E-state index contributed by atoms with van der Waals surface area (Å²) in [6.45, 7) is 3.50. The van der Waals surface area contributed by atoms with Gasteiger partial charge in [0, 0.05) is 42.7 Å². The highest BCUT2D eigenvalue weighted by Crippen LogP contribution is 2.29. The van der Waals surface area contributed by atoms with Crippen LogP contribution in [0.25, 0.3) is 0 Å². The van der Waals surface area contributed by atoms with E-state index < -0.39 is 0 Å². The second-order valence-electron chi connectivity index (χ2n) is 7.28. The van der Waals surface area contributed by atoms with Crippen LogP contribution in [0.4, 0.5) is 5.69 Å². The Balaban J connectivity index is 0.00000261. The maximum atomic E-state index is 12.6. The molecule has 2 heterocycles. The lowest BCUT2D eigenvalue weighted by Gasteiger charge is -2.37. The van der Waals surface area contributed by atoms with Gasteiger partial charge in [-0.05, 0) is 50.2 Å². The van der Waals surface area contributed by atoms with Crippen molar-refractivity contribution in [3.63, 3.8) is 0 Å². The molecule has 0 saturated carbocycles. The number of amides is 2. The number of hydrogen-bond donors (Lipinski definition) is 2. The highest BCUT2D eigenvalue weighted by Gasteiger charge is 2.37. The normalized spacial score (nSPS) is 21.6. The molecule has 1 unspecified atom stereocenters. The third-order valence-electron chi connectivity index (χ3n) is 5.39. The monoisotopic (exact) mass is 415 g/mol. The molecule has 2 fully saturated rings. The van der Waals surface area contributed by atoms with Crippen molar-refractivity contribution < 1.29 is 14.3 Å². The van der Waals surface area contributed by atoms with Crippen molar-refractivity contribution in [1.82, 2.24) is 10.6 Å². The van der Waals surface area contributed by atoms with E-state index in [-0.39, 0.29) is 42.0 Å². The van der Waals surface area contributed by atoms with Gasteiger partial charge in [-0.15, -0.1) is 12.4 Å². The van der Waals surface area contributed by atoms with Crippen LogP contribution in [0.5, 0.6) is 0 Å². The van der Waals surface area contributed by atoms with Gasteiger partial charge in [0.1, 0.15) is 0 Å². The molecule has 1 atom stereocenters. The first-order chi connectivity index (χ1) is 12.5. The van der Waals surface area contributed by atoms with Gasteiger partial charge in [0.05, 0.1) is 12.5 Å². The smallest absolute Gasteiger partial charge is 0.227 e. The SMILES string of the molecule is COCC1(CNC(=O)C2CC(=O)N(c3ccc(Cl)cc3)C2)CCNCC1.Cl. The van der Waals surface area contributed by atoms with Crippen LogP contribution in [0, 0.1) is 11.3 Å². The Morgan fingerprint density at radius 2 is 2.00 bits per heavy atom. The number of rotatable bonds is 6. The van der Waals surface area contributed by atoms with Crippen molar-refractivity contribution >= 4 is 41.5 Å². The number of benzene rings is 1. The summed E-state index contributed by atoms with van der Waals surface area (Å²) in [5.41, 5.74) is 0.762. The standard InChI is InChI=1S/C19H26ClN3O3.ClH/c1-26-13-19(6-8-21-9-7-19)12-22-18(25)14-10-17(24)23(11-14)16-4-2-15(20)3-5-16;/h2-5,14,21H,6-13H2,1H3,(H,22,25);1H. The average Bonchev–Trinajstić information content (AvgIpc) is 3.03. The first-order valence-electron chi connectivity index (χ1n) is 9.06. The number of hydrogen-bond acceptors (Lipinski definition) is 4. The van der Waals surface area contributed by atoms with Crippen molar-refractivity contribution in [2.75, 3.05) is 44.8 Å². The van der Waals surface area contributed by atoms with Gasteiger partial charge < -0.3 is 20.3 Å². The summed E-state index contributed by atoms with van der Waals surface area (Å²) in [5, 5.41) is 7.05. The number of carbonyl (C=O) groups is 2. The van der Waals surface area contributed by atoms with Crippen LogP contribution in [0.15, 0.2) is 24.3 Å². The van der Waals surface area contributed by atoms with Gasteiger partial charge in [-0.25, -0.2) is 0 Å². The Morgan fingerprint density at radius 3 is 2.63 bits per heavy atom. The molecule has 6 nitrogen and oxygen atoms in total. The second-order valence-corrected chi connectivity index (χ2v) is 7.72. The molecule has 1 aromatic carbocycles. The van der Waals surface area contributed by atoms with E-state index in [1.807, 2.05) is 12.1 Å². The largest absolute Gasteiger partial charge is 0.384 e. The molecule has 2 N–H and O–H groups in total. The van der Waals surface area contributed by atoms with E-state index in [9.17, 15) is 9.59 Å². The molecule has 27 heavy (non-hydrogen) atoms. The first kappa shape index (κ1) is 22.0. The van der Waals surface area contributed by atoms with Crippen molar-refractivity contribution in [3.8, 4) is 0 Å². The van der Waals surface area contributed by atoms with E-state index in [1.165, 1.54) is 0 Å². The third kappa shape index (κ3) is 5.35. The topological polar surface area (TPSA) is 70.7 Å². The molecular weight excluding hydrogens is 389 g/mol. The molecule has 0 aromatic heterocycles. The van der Waals surface area contributed by atoms with E-state index in [2.05, 4.69) is 10.6 Å². The van der Waals surface area contributed by atoms with E-state index in [4.69, 9.17) is 16.3 Å². The molecule has 0 radical (unpaired) electrons. The number of nitrogens with zero attached hydrogens (tertiary/aromatic N) is 1. The molecule has 2 amide bonds. The average molecular weight is 416 g/mol. The minimum Gasteiger partial charge on any atom is -0.384 e. The van der Waals surface area contributed by atoms with Gasteiger partial charge in [0.2, 0.25) is 11.8 Å². The fourth-order valence-electron chi connectivity index (χ4n) is 3.81. The number of nitrogens with one attached hydrogen (secondary N) is 2. The fraction of sp³-hybridized carbons (Fsp3) is 0.579. The highest BCUT2D eigenvalue weighted by atomic mass is 35.5. The minimum atomic E-state index is -0.320. The molecule has 150 valence electrons. The molecule has 0 spiro atoms. The maximum Gasteiger partial charge on any atom is 0.227 e. The first-order valence-corrected chi connectivity index (χ1v) is 9.44. The Bertz CT molecular complexity index is 643. The number of methoxy groups -OCH3 is 1. The van der Waals surface area contributed by atoms with E-state index in [1.54, 1.807) is 24.1 Å². The predicted octanol–water partition coefficient (Wildman–Crippen LogP) is 2.25. The third-order valence-corrected chi connectivity index (χ3v) is 5.64. The van der Waals surface area contributed by atoms with Gasteiger partial charge in [-0.2, -0.15) is 0 Å². The van der Waals surface area contributed by atoms with Gasteiger partial charge in [-0.1, -0.05) is 11.6 Å². The number of ether oxygens (including phenoxy) is 1. The van der Waals surface area contributed by atoms with Crippen LogP contribution in [-0.2, 0) is 14.3 Å². The molecule has 2 aliphatic heterocycles. The Morgan fingerprint density at radius 1 is 1.33 bits per heavy atom. The van der Waals surface area contributed by atoms with E-state index in [0.717, 1.165) is 31.6 Å². The van der Waals surface area contributed by atoms with E-state index >= 15 is 0 Å².